The molecule has 1 heterocycles. The zero-order valence-electron chi connectivity index (χ0n) is 14.7. The van der Waals surface area contributed by atoms with E-state index in [0.717, 1.165) is 0 Å². The van der Waals surface area contributed by atoms with Gasteiger partial charge < -0.3 is 40.1 Å². The van der Waals surface area contributed by atoms with E-state index >= 15 is 0 Å². The maximum Gasteiger partial charge on any atom is 0.323 e. The number of nitrogens with zero attached hydrogens (tertiary/aromatic N) is 1. The zero-order chi connectivity index (χ0) is 21.2. The van der Waals surface area contributed by atoms with Gasteiger partial charge >= 0.3 is 5.91 Å². The molecule has 12 nitrogen and oxygen atoms in total. The number of amides is 1. The molecule has 5 atom stereocenters. The number of ether oxygens (including phenoxy) is 2. The molecule has 1 aliphatic rings. The molecule has 28 heavy (non-hydrogen) atoms. The van der Waals surface area contributed by atoms with Crippen LogP contribution in [0.4, 0.5) is 5.69 Å². The van der Waals surface area contributed by atoms with Crippen LogP contribution in [0.15, 0.2) is 18.2 Å². The van der Waals surface area contributed by atoms with E-state index in [1.165, 1.54) is 25.3 Å². The lowest BCUT2D eigenvalue weighted by atomic mass is 9.95. The van der Waals surface area contributed by atoms with Crippen LogP contribution in [0.3, 0.4) is 0 Å². The molecule has 156 valence electrons. The third kappa shape index (κ3) is 4.07. The summed E-state index contributed by atoms with van der Waals surface area (Å²) in [6.07, 6.45) is -9.70. The van der Waals surface area contributed by atoms with Gasteiger partial charge in [0.25, 0.3) is 5.79 Å². The molecular formula is C16H21NO11. The summed E-state index contributed by atoms with van der Waals surface area (Å²) in [4.78, 5) is 24.4. The van der Waals surface area contributed by atoms with Crippen molar-refractivity contribution in [3.05, 3.63) is 18.2 Å². The van der Waals surface area contributed by atoms with Crippen molar-refractivity contribution < 1.29 is 54.9 Å². The smallest absolute Gasteiger partial charge is 0.323 e. The molecular weight excluding hydrogens is 382 g/mol. The first-order valence-electron chi connectivity index (χ1n) is 8.04. The lowest BCUT2D eigenvalue weighted by molar-refractivity contribution is -0.188. The van der Waals surface area contributed by atoms with Crippen LogP contribution in [0, 0.1) is 0 Å². The van der Waals surface area contributed by atoms with Gasteiger partial charge in [-0.25, -0.2) is 0 Å². The number of methoxy groups -OCH3 is 1. The first-order chi connectivity index (χ1) is 13.1. The van der Waals surface area contributed by atoms with Crippen molar-refractivity contribution in [2.75, 3.05) is 18.8 Å². The SMILES string of the molecule is COc1ccc2c(c1)OC(O)(CC(=O)[C@H](O)[C@@H](O)[C@H](O)[C@H](O)CO)C(=O)N2O. The number of Topliss-reactive ketones (excluding diaryl/α,β-unsaturated/α-hetero) is 1. The van der Waals surface area contributed by atoms with Crippen LogP contribution in [-0.2, 0) is 9.59 Å². The van der Waals surface area contributed by atoms with Crippen LogP contribution in [0.2, 0.25) is 0 Å². The van der Waals surface area contributed by atoms with Gasteiger partial charge in [0.1, 0.15) is 35.9 Å². The highest BCUT2D eigenvalue weighted by Crippen LogP contribution is 2.39. The van der Waals surface area contributed by atoms with E-state index in [-0.39, 0.29) is 22.2 Å². The second-order valence-electron chi connectivity index (χ2n) is 6.16. The number of hydroxylamine groups is 1. The minimum Gasteiger partial charge on any atom is -0.497 e. The molecule has 12 heteroatoms. The van der Waals surface area contributed by atoms with Gasteiger partial charge in [-0.1, -0.05) is 0 Å². The summed E-state index contributed by atoms with van der Waals surface area (Å²) in [5.74, 6) is -5.65. The quantitative estimate of drug-likeness (QED) is 0.217. The van der Waals surface area contributed by atoms with Crippen LogP contribution >= 0.6 is 0 Å². The number of carbonyl (C=O) groups is 2. The van der Waals surface area contributed by atoms with E-state index in [1.54, 1.807) is 0 Å². The Hall–Kier alpha value is -2.32. The number of fused-ring (bicyclic) bond motifs is 1. The summed E-state index contributed by atoms with van der Waals surface area (Å²) in [6, 6.07) is 3.90. The summed E-state index contributed by atoms with van der Waals surface area (Å²) in [5, 5.41) is 67.6. The molecule has 1 unspecified atom stereocenters. The monoisotopic (exact) mass is 403 g/mol. The number of aliphatic hydroxyl groups is 6. The average molecular weight is 403 g/mol. The molecule has 1 aromatic rings. The highest BCUT2D eigenvalue weighted by molar-refractivity contribution is 6.02. The van der Waals surface area contributed by atoms with Gasteiger partial charge in [0.15, 0.2) is 11.5 Å². The Labute approximate surface area is 158 Å². The van der Waals surface area contributed by atoms with Crippen LogP contribution in [0.5, 0.6) is 11.5 Å². The van der Waals surface area contributed by atoms with Crippen LogP contribution < -0.4 is 14.5 Å². The van der Waals surface area contributed by atoms with E-state index in [1.807, 2.05) is 0 Å². The molecule has 1 aromatic carbocycles. The van der Waals surface area contributed by atoms with E-state index in [4.69, 9.17) is 14.6 Å². The topological polar surface area (TPSA) is 197 Å². The Kier molecular flexibility index (Phi) is 6.56. The number of benzene rings is 1. The molecule has 2 rings (SSSR count). The van der Waals surface area contributed by atoms with Crippen molar-refractivity contribution in [1.29, 1.82) is 0 Å². The predicted molar refractivity (Wildman–Crippen MR) is 88.6 cm³/mol. The molecule has 0 fully saturated rings. The van der Waals surface area contributed by atoms with Gasteiger partial charge in [0.2, 0.25) is 0 Å². The second kappa shape index (κ2) is 8.36. The molecule has 1 aliphatic heterocycles. The Morgan fingerprint density at radius 1 is 1.25 bits per heavy atom. The summed E-state index contributed by atoms with van der Waals surface area (Å²) in [5.41, 5.74) is -0.134. The normalized spacial score (nSPS) is 23.3. The summed E-state index contributed by atoms with van der Waals surface area (Å²) in [7, 11) is 1.34. The standard InChI is InChI=1S/C16H21NO11/c1-27-7-2-3-8-11(4-7)28-16(25,15(24)17(8)26)5-9(19)12(21)14(23)13(22)10(20)6-18/h2-4,10,12-14,18,20-23,25-26H,5-6H2,1H3/t10-,12+,13-,14-,16?/m1/s1. The number of rotatable bonds is 8. The highest BCUT2D eigenvalue weighted by atomic mass is 16.7. The molecule has 0 saturated heterocycles. The summed E-state index contributed by atoms with van der Waals surface area (Å²) < 4.78 is 10.1. The zero-order valence-corrected chi connectivity index (χ0v) is 14.7. The molecule has 1 amide bonds. The molecule has 0 aliphatic carbocycles. The Morgan fingerprint density at radius 3 is 2.46 bits per heavy atom. The van der Waals surface area contributed by atoms with Crippen molar-refractivity contribution >= 4 is 17.4 Å². The summed E-state index contributed by atoms with van der Waals surface area (Å²) >= 11 is 0. The lowest BCUT2D eigenvalue weighted by Crippen LogP contribution is -2.58. The molecule has 0 radical (unpaired) electrons. The van der Waals surface area contributed by atoms with E-state index in [0.29, 0.717) is 0 Å². The highest BCUT2D eigenvalue weighted by Gasteiger charge is 2.50. The molecule has 7 N–H and O–H groups in total. The lowest BCUT2D eigenvalue weighted by Gasteiger charge is -2.36. The summed E-state index contributed by atoms with van der Waals surface area (Å²) in [6.45, 7) is -0.956. The number of ketones is 1. The number of hydrogen-bond acceptors (Lipinski definition) is 11. The first-order valence-corrected chi connectivity index (χ1v) is 8.04. The van der Waals surface area contributed by atoms with Crippen molar-refractivity contribution in [3.63, 3.8) is 0 Å². The fraction of sp³-hybridized carbons (Fsp3) is 0.500. The first kappa shape index (κ1) is 22.0. The Morgan fingerprint density at radius 2 is 1.89 bits per heavy atom. The fourth-order valence-electron chi connectivity index (χ4n) is 2.54. The number of hydrogen-bond donors (Lipinski definition) is 7. The van der Waals surface area contributed by atoms with Gasteiger partial charge in [-0.05, 0) is 12.1 Å². The van der Waals surface area contributed by atoms with E-state index in [2.05, 4.69) is 0 Å². The van der Waals surface area contributed by atoms with Gasteiger partial charge in [-0.2, -0.15) is 5.06 Å². The Balaban J connectivity index is 2.21. The number of carbonyl (C=O) groups excluding carboxylic acids is 2. The number of aliphatic hydroxyl groups excluding tert-OH is 5. The average Bonchev–Trinajstić information content (AvgIpc) is 2.69. The van der Waals surface area contributed by atoms with Crippen molar-refractivity contribution in [1.82, 2.24) is 0 Å². The maximum atomic E-state index is 12.2. The maximum absolute atomic E-state index is 12.2. The van der Waals surface area contributed by atoms with Gasteiger partial charge in [0.05, 0.1) is 20.1 Å². The van der Waals surface area contributed by atoms with Crippen LogP contribution in [-0.4, -0.2) is 91.5 Å². The van der Waals surface area contributed by atoms with E-state index < -0.39 is 54.9 Å². The number of anilines is 1. The van der Waals surface area contributed by atoms with Gasteiger partial charge in [-0.15, -0.1) is 0 Å². The fourth-order valence-corrected chi connectivity index (χ4v) is 2.54. The van der Waals surface area contributed by atoms with Crippen molar-refractivity contribution in [3.8, 4) is 11.5 Å². The molecule has 0 aromatic heterocycles. The van der Waals surface area contributed by atoms with E-state index in [9.17, 15) is 40.3 Å². The van der Waals surface area contributed by atoms with Crippen molar-refractivity contribution in [2.24, 2.45) is 0 Å². The molecule has 0 saturated carbocycles. The van der Waals surface area contributed by atoms with Gasteiger partial charge in [0, 0.05) is 6.07 Å². The Bertz CT molecular complexity index is 741. The van der Waals surface area contributed by atoms with Crippen LogP contribution in [0.25, 0.3) is 0 Å². The third-order valence-electron chi connectivity index (χ3n) is 4.20. The molecule has 0 spiro atoms. The van der Waals surface area contributed by atoms with Crippen LogP contribution in [0.1, 0.15) is 6.42 Å². The molecule has 0 bridgehead atoms. The second-order valence-corrected chi connectivity index (χ2v) is 6.16. The minimum atomic E-state index is -2.92. The van der Waals surface area contributed by atoms with Gasteiger partial charge in [-0.3, -0.25) is 14.8 Å². The predicted octanol–water partition coefficient (Wildman–Crippen LogP) is -3.11. The largest absolute Gasteiger partial charge is 0.497 e. The third-order valence-corrected chi connectivity index (χ3v) is 4.20. The minimum absolute atomic E-state index is 0.0543. The van der Waals surface area contributed by atoms with Crippen molar-refractivity contribution in [2.45, 2.75) is 36.6 Å².